The monoisotopic (exact) mass is 261 g/mol. The highest BCUT2D eigenvalue weighted by Gasteiger charge is 2.43. The van der Waals surface area contributed by atoms with Gasteiger partial charge in [-0.1, -0.05) is 11.1 Å². The fourth-order valence-electron chi connectivity index (χ4n) is 3.30. The number of rotatable bonds is 2. The van der Waals surface area contributed by atoms with Gasteiger partial charge in [0.25, 0.3) is 0 Å². The average molecular weight is 261 g/mol. The molecule has 0 unspecified atom stereocenters. The highest BCUT2D eigenvalue weighted by atomic mass is 19.2. The number of aromatic nitrogens is 2. The zero-order valence-electron chi connectivity index (χ0n) is 10.2. The lowest BCUT2D eigenvalue weighted by Gasteiger charge is -2.18. The van der Waals surface area contributed by atoms with E-state index in [1.807, 2.05) is 4.57 Å². The Labute approximate surface area is 108 Å². The third kappa shape index (κ3) is 1.48. The summed E-state index contributed by atoms with van der Waals surface area (Å²) < 4.78 is 28.5. The normalized spacial score (nSPS) is 19.5. The summed E-state index contributed by atoms with van der Waals surface area (Å²) in [6, 6.07) is 2.67. The summed E-state index contributed by atoms with van der Waals surface area (Å²) in [5.74, 6) is -1.16. The van der Waals surface area contributed by atoms with Gasteiger partial charge >= 0.3 is 0 Å². The minimum Gasteiger partial charge on any atom is -0.330 e. The Balaban J connectivity index is 1.68. The van der Waals surface area contributed by atoms with E-state index in [-0.39, 0.29) is 6.04 Å². The van der Waals surface area contributed by atoms with E-state index in [2.05, 4.69) is 4.98 Å². The number of hydrogen-bond donors (Lipinski definition) is 1. The van der Waals surface area contributed by atoms with Crippen molar-refractivity contribution < 1.29 is 8.78 Å². The molecule has 4 rings (SSSR count). The fraction of sp³-hybridized carbons (Fsp3) is 0.357. The molecule has 3 nitrogen and oxygen atoms in total. The van der Waals surface area contributed by atoms with Gasteiger partial charge in [0.15, 0.2) is 11.6 Å². The molecule has 0 saturated carbocycles. The fourth-order valence-corrected chi connectivity index (χ4v) is 3.30. The molecule has 0 saturated heterocycles. The quantitative estimate of drug-likeness (QED) is 0.844. The van der Waals surface area contributed by atoms with E-state index in [4.69, 9.17) is 5.73 Å². The van der Waals surface area contributed by atoms with E-state index in [0.717, 1.165) is 18.9 Å². The zero-order chi connectivity index (χ0) is 13.1. The van der Waals surface area contributed by atoms with Crippen LogP contribution in [0.4, 0.5) is 8.78 Å². The molecule has 1 aromatic carbocycles. The number of imidazole rings is 1. The van der Waals surface area contributed by atoms with Crippen molar-refractivity contribution in [1.29, 1.82) is 0 Å². The van der Waals surface area contributed by atoms with E-state index in [9.17, 15) is 8.78 Å². The van der Waals surface area contributed by atoms with Gasteiger partial charge in [-0.15, -0.1) is 0 Å². The summed E-state index contributed by atoms with van der Waals surface area (Å²) >= 11 is 0. The summed E-state index contributed by atoms with van der Waals surface area (Å²) in [6.07, 6.45) is 3.60. The van der Waals surface area contributed by atoms with Crippen molar-refractivity contribution in [2.45, 2.75) is 18.9 Å². The van der Waals surface area contributed by atoms with Gasteiger partial charge in [-0.05, 0) is 12.8 Å². The molecule has 1 heterocycles. The zero-order valence-corrected chi connectivity index (χ0v) is 10.2. The molecular weight excluding hydrogens is 248 g/mol. The summed E-state index contributed by atoms with van der Waals surface area (Å²) in [5.41, 5.74) is 9.74. The molecule has 2 aliphatic carbocycles. The lowest BCUT2D eigenvalue weighted by Crippen LogP contribution is -2.13. The SMILES string of the molecule is NCC1C2=C1CC(n1cnc3cc(F)c(F)cc31)C2. The van der Waals surface area contributed by atoms with Gasteiger partial charge < -0.3 is 10.3 Å². The summed E-state index contributed by atoms with van der Waals surface area (Å²) in [6.45, 7) is 0.696. The third-order valence-electron chi connectivity index (χ3n) is 4.33. The van der Waals surface area contributed by atoms with Crippen LogP contribution in [0.1, 0.15) is 18.9 Å². The molecule has 2 N–H and O–H groups in total. The molecule has 0 atom stereocenters. The maximum Gasteiger partial charge on any atom is 0.161 e. The topological polar surface area (TPSA) is 43.8 Å². The van der Waals surface area contributed by atoms with Crippen LogP contribution < -0.4 is 5.73 Å². The molecule has 0 spiro atoms. The number of fused-ring (bicyclic) bond motifs is 1. The number of hydrogen-bond acceptors (Lipinski definition) is 2. The number of nitrogens with two attached hydrogens (primary N) is 1. The Morgan fingerprint density at radius 3 is 2.58 bits per heavy atom. The van der Waals surface area contributed by atoms with E-state index >= 15 is 0 Å². The van der Waals surface area contributed by atoms with Crippen LogP contribution in [0.2, 0.25) is 0 Å². The van der Waals surface area contributed by atoms with Gasteiger partial charge in [-0.3, -0.25) is 0 Å². The Morgan fingerprint density at radius 1 is 1.21 bits per heavy atom. The van der Waals surface area contributed by atoms with Crippen LogP contribution in [0.25, 0.3) is 11.0 Å². The van der Waals surface area contributed by atoms with Gasteiger partial charge in [0.1, 0.15) is 0 Å². The average Bonchev–Trinajstić information content (AvgIpc) is 2.77. The summed E-state index contributed by atoms with van der Waals surface area (Å²) in [7, 11) is 0. The van der Waals surface area contributed by atoms with Crippen LogP contribution >= 0.6 is 0 Å². The molecule has 0 fully saturated rings. The second kappa shape index (κ2) is 3.63. The largest absolute Gasteiger partial charge is 0.330 e. The molecule has 2 aromatic rings. The van der Waals surface area contributed by atoms with Crippen molar-refractivity contribution in [2.24, 2.45) is 11.7 Å². The first-order chi connectivity index (χ1) is 9.19. The van der Waals surface area contributed by atoms with Crippen molar-refractivity contribution in [1.82, 2.24) is 9.55 Å². The molecule has 19 heavy (non-hydrogen) atoms. The Morgan fingerprint density at radius 2 is 1.89 bits per heavy atom. The van der Waals surface area contributed by atoms with E-state index in [1.165, 1.54) is 17.2 Å². The molecule has 2 aliphatic rings. The standard InChI is InChI=1S/C14H13F2N3/c15-11-3-13-14(4-12(11)16)19(6-18-13)7-1-8-9(2-7)10(8)5-17/h3-4,6-7,10H,1-2,5,17H2. The molecule has 0 amide bonds. The van der Waals surface area contributed by atoms with Crippen LogP contribution in [-0.2, 0) is 0 Å². The first kappa shape index (κ1) is 11.1. The van der Waals surface area contributed by atoms with Crippen molar-refractivity contribution >= 4 is 11.0 Å². The Bertz CT molecular complexity index is 701. The first-order valence-corrected chi connectivity index (χ1v) is 6.42. The molecule has 5 heteroatoms. The Hall–Kier alpha value is -1.75. The third-order valence-corrected chi connectivity index (χ3v) is 4.33. The molecule has 0 aliphatic heterocycles. The van der Waals surface area contributed by atoms with Crippen LogP contribution in [0.15, 0.2) is 29.6 Å². The van der Waals surface area contributed by atoms with Gasteiger partial charge in [0.2, 0.25) is 0 Å². The van der Waals surface area contributed by atoms with E-state index < -0.39 is 11.6 Å². The lowest BCUT2D eigenvalue weighted by molar-refractivity contribution is 0.493. The minimum atomic E-state index is -0.848. The van der Waals surface area contributed by atoms with Crippen molar-refractivity contribution in [3.63, 3.8) is 0 Å². The second-order valence-electron chi connectivity index (χ2n) is 5.31. The highest BCUT2D eigenvalue weighted by Crippen LogP contribution is 2.54. The molecule has 0 radical (unpaired) electrons. The second-order valence-corrected chi connectivity index (χ2v) is 5.31. The maximum atomic E-state index is 13.4. The molecule has 1 aromatic heterocycles. The predicted molar refractivity (Wildman–Crippen MR) is 67.5 cm³/mol. The van der Waals surface area contributed by atoms with Gasteiger partial charge in [-0.25, -0.2) is 13.8 Å². The maximum absolute atomic E-state index is 13.4. The summed E-state index contributed by atoms with van der Waals surface area (Å²) in [4.78, 5) is 4.16. The van der Waals surface area contributed by atoms with E-state index in [0.29, 0.717) is 23.5 Å². The number of benzene rings is 1. The smallest absolute Gasteiger partial charge is 0.161 e. The van der Waals surface area contributed by atoms with Crippen molar-refractivity contribution in [2.75, 3.05) is 6.54 Å². The molecule has 0 bridgehead atoms. The lowest BCUT2D eigenvalue weighted by atomic mass is 10.0. The van der Waals surface area contributed by atoms with Crippen LogP contribution in [-0.4, -0.2) is 16.1 Å². The summed E-state index contributed by atoms with van der Waals surface area (Å²) in [5, 5.41) is 0. The number of nitrogens with zero attached hydrogens (tertiary/aromatic N) is 2. The van der Waals surface area contributed by atoms with Gasteiger partial charge in [-0.2, -0.15) is 0 Å². The highest BCUT2D eigenvalue weighted by molar-refractivity contribution is 5.75. The van der Waals surface area contributed by atoms with Crippen LogP contribution in [0.5, 0.6) is 0 Å². The van der Waals surface area contributed by atoms with Gasteiger partial charge in [0.05, 0.1) is 17.4 Å². The first-order valence-electron chi connectivity index (χ1n) is 6.42. The van der Waals surface area contributed by atoms with Crippen molar-refractivity contribution in [3.8, 4) is 0 Å². The van der Waals surface area contributed by atoms with Gasteiger partial charge in [0, 0.05) is 30.6 Å². The molecule has 98 valence electrons. The number of halogens is 2. The van der Waals surface area contributed by atoms with Crippen molar-refractivity contribution in [3.05, 3.63) is 41.2 Å². The van der Waals surface area contributed by atoms with E-state index in [1.54, 1.807) is 6.33 Å². The molecular formula is C14H13F2N3. The predicted octanol–water partition coefficient (Wildman–Crippen LogP) is 2.53. The Kier molecular flexibility index (Phi) is 2.12. The minimum absolute atomic E-state index is 0.280. The van der Waals surface area contributed by atoms with Crippen LogP contribution in [0, 0.1) is 17.6 Å². The van der Waals surface area contributed by atoms with Crippen LogP contribution in [0.3, 0.4) is 0 Å².